The van der Waals surface area contributed by atoms with Gasteiger partial charge in [-0.2, -0.15) is 5.21 Å². The molecule has 1 saturated carbocycles. The lowest BCUT2D eigenvalue weighted by atomic mass is 9.81. The van der Waals surface area contributed by atoms with Crippen molar-refractivity contribution in [2.75, 3.05) is 32.0 Å². The Morgan fingerprint density at radius 3 is 2.24 bits per heavy atom. The SMILES string of the molecule is Cc1cc(C(=O)NC2CCN(C)CC2)cc(-c2ccc(C[C@H](NC(=O)C3CCC(CNC(=O)O)CC3)C(=O)Nc3ccc(-c4nn[nH]n4)cc3)cc2)c1C. The van der Waals surface area contributed by atoms with E-state index in [0.717, 1.165) is 72.2 Å². The highest BCUT2D eigenvalue weighted by molar-refractivity contribution is 5.98. The average molecular weight is 736 g/mol. The van der Waals surface area contributed by atoms with Crippen LogP contribution in [0.1, 0.15) is 65.6 Å². The summed E-state index contributed by atoms with van der Waals surface area (Å²) in [6.45, 7) is 6.37. The first-order valence-electron chi connectivity index (χ1n) is 18.6. The van der Waals surface area contributed by atoms with E-state index in [4.69, 9.17) is 5.11 Å². The minimum atomic E-state index is -1.05. The van der Waals surface area contributed by atoms with Crippen molar-refractivity contribution < 1.29 is 24.3 Å². The third-order valence-electron chi connectivity index (χ3n) is 10.8. The summed E-state index contributed by atoms with van der Waals surface area (Å²) in [4.78, 5) is 53.9. The van der Waals surface area contributed by atoms with E-state index in [2.05, 4.69) is 60.8 Å². The molecule has 14 heteroatoms. The number of aryl methyl sites for hydroxylation is 1. The lowest BCUT2D eigenvalue weighted by Gasteiger charge is -2.29. The smallest absolute Gasteiger partial charge is 0.404 e. The number of piperidine rings is 1. The van der Waals surface area contributed by atoms with E-state index in [1.807, 2.05) is 43.3 Å². The van der Waals surface area contributed by atoms with Crippen molar-refractivity contribution in [3.05, 3.63) is 82.9 Å². The van der Waals surface area contributed by atoms with Crippen LogP contribution in [0.2, 0.25) is 0 Å². The Morgan fingerprint density at radius 2 is 1.59 bits per heavy atom. The number of tetrazole rings is 1. The third kappa shape index (κ3) is 9.86. The van der Waals surface area contributed by atoms with Gasteiger partial charge in [-0.25, -0.2) is 4.79 Å². The maximum absolute atomic E-state index is 13.8. The molecular weight excluding hydrogens is 686 g/mol. The number of amides is 4. The molecule has 2 fully saturated rings. The molecule has 284 valence electrons. The number of anilines is 1. The molecule has 14 nitrogen and oxygen atoms in total. The molecule has 6 N–H and O–H groups in total. The van der Waals surface area contributed by atoms with E-state index in [0.29, 0.717) is 36.5 Å². The number of nitrogens with one attached hydrogen (secondary N) is 5. The predicted octanol–water partition coefficient (Wildman–Crippen LogP) is 4.71. The molecule has 4 aromatic rings. The molecule has 1 aliphatic carbocycles. The number of benzene rings is 3. The molecule has 0 spiro atoms. The Morgan fingerprint density at radius 1 is 0.907 bits per heavy atom. The molecule has 0 bridgehead atoms. The summed E-state index contributed by atoms with van der Waals surface area (Å²) in [5.41, 5.74) is 6.82. The number of aromatic nitrogens is 4. The highest BCUT2D eigenvalue weighted by Gasteiger charge is 2.30. The summed E-state index contributed by atoms with van der Waals surface area (Å²) in [5.74, 6) is -0.264. The summed E-state index contributed by atoms with van der Waals surface area (Å²) in [7, 11) is 2.10. The van der Waals surface area contributed by atoms with Gasteiger partial charge in [-0.3, -0.25) is 14.4 Å². The first-order chi connectivity index (χ1) is 26.0. The number of aromatic amines is 1. The predicted molar refractivity (Wildman–Crippen MR) is 205 cm³/mol. The van der Waals surface area contributed by atoms with Crippen LogP contribution in [0, 0.1) is 25.7 Å². The van der Waals surface area contributed by atoms with E-state index in [1.165, 1.54) is 0 Å². The average Bonchev–Trinajstić information content (AvgIpc) is 3.72. The van der Waals surface area contributed by atoms with Crippen LogP contribution in [-0.4, -0.2) is 93.2 Å². The number of H-pyrrole nitrogens is 1. The van der Waals surface area contributed by atoms with Crippen molar-refractivity contribution in [1.82, 2.24) is 41.5 Å². The highest BCUT2D eigenvalue weighted by atomic mass is 16.4. The summed E-state index contributed by atoms with van der Waals surface area (Å²) in [6, 6.07) is 18.2. The maximum Gasteiger partial charge on any atom is 0.404 e. The first-order valence-corrected chi connectivity index (χ1v) is 18.6. The van der Waals surface area contributed by atoms with Crippen LogP contribution in [0.25, 0.3) is 22.5 Å². The van der Waals surface area contributed by atoms with Crippen LogP contribution in [0.4, 0.5) is 10.5 Å². The molecule has 1 aromatic heterocycles. The normalized spacial score (nSPS) is 18.4. The van der Waals surface area contributed by atoms with Gasteiger partial charge < -0.3 is 31.3 Å². The monoisotopic (exact) mass is 735 g/mol. The Labute approximate surface area is 314 Å². The minimum Gasteiger partial charge on any atom is -0.465 e. The number of carbonyl (C=O) groups is 4. The Bertz CT molecular complexity index is 1920. The van der Waals surface area contributed by atoms with Gasteiger partial charge in [0.1, 0.15) is 6.04 Å². The number of carbonyl (C=O) groups excluding carboxylic acids is 3. The van der Waals surface area contributed by atoms with Crippen LogP contribution in [0.5, 0.6) is 0 Å². The quantitative estimate of drug-likeness (QED) is 0.119. The molecule has 2 heterocycles. The maximum atomic E-state index is 13.8. The number of rotatable bonds is 12. The van der Waals surface area contributed by atoms with E-state index in [1.54, 1.807) is 24.3 Å². The van der Waals surface area contributed by atoms with Crippen LogP contribution in [0.15, 0.2) is 60.7 Å². The number of carboxylic acid groups (broad SMARTS) is 1. The molecule has 3 aromatic carbocycles. The summed E-state index contributed by atoms with van der Waals surface area (Å²) >= 11 is 0. The van der Waals surface area contributed by atoms with Crippen molar-refractivity contribution in [3.63, 3.8) is 0 Å². The minimum absolute atomic E-state index is 0.0648. The highest BCUT2D eigenvalue weighted by Crippen LogP contribution is 2.30. The molecule has 6 rings (SSSR count). The van der Waals surface area contributed by atoms with Crippen LogP contribution >= 0.6 is 0 Å². The second kappa shape index (κ2) is 17.5. The van der Waals surface area contributed by atoms with Gasteiger partial charge in [0.2, 0.25) is 17.6 Å². The standard InChI is InChI=1S/C40H49N9O5/c1-24-20-31(38(51)42-33-16-18-49(3)19-17-33)22-34(25(24)2)28-8-4-26(5-9-28)21-35(44-37(50)30-10-6-27(7-11-30)23-41-40(53)54)39(52)43-32-14-12-29(13-15-32)36-45-47-48-46-36/h4-5,8-9,12-15,20,22,27,30,33,35,41H,6-7,10-11,16-19,21,23H2,1-3H3,(H,42,51)(H,43,52)(H,44,50)(H,53,54)(H,45,46,47,48)/t27?,30?,35-/m0/s1. The van der Waals surface area contributed by atoms with Crippen molar-refractivity contribution in [2.45, 2.75) is 70.9 Å². The Balaban J connectivity index is 1.16. The van der Waals surface area contributed by atoms with Crippen LogP contribution in [0.3, 0.4) is 0 Å². The number of nitrogens with zero attached hydrogens (tertiary/aromatic N) is 4. The first kappa shape index (κ1) is 38.1. The lowest BCUT2D eigenvalue weighted by Crippen LogP contribution is -2.48. The van der Waals surface area contributed by atoms with Gasteiger partial charge in [-0.05, 0) is 148 Å². The number of hydrogen-bond acceptors (Lipinski definition) is 8. The van der Waals surface area contributed by atoms with Gasteiger partial charge in [-0.15, -0.1) is 10.2 Å². The van der Waals surface area contributed by atoms with Gasteiger partial charge in [0.15, 0.2) is 0 Å². The molecular formula is C40H49N9O5. The largest absolute Gasteiger partial charge is 0.465 e. The number of hydrogen-bond donors (Lipinski definition) is 6. The third-order valence-corrected chi connectivity index (χ3v) is 10.8. The summed E-state index contributed by atoms with van der Waals surface area (Å²) in [5, 5.41) is 34.6. The van der Waals surface area contributed by atoms with Crippen molar-refractivity contribution in [1.29, 1.82) is 0 Å². The Kier molecular flexibility index (Phi) is 12.3. The van der Waals surface area contributed by atoms with Gasteiger partial charge >= 0.3 is 6.09 Å². The van der Waals surface area contributed by atoms with Crippen molar-refractivity contribution in [3.8, 4) is 22.5 Å². The molecule has 4 amide bonds. The second-order valence-corrected chi connectivity index (χ2v) is 14.7. The molecule has 0 radical (unpaired) electrons. The zero-order chi connectivity index (χ0) is 38.2. The van der Waals surface area contributed by atoms with Gasteiger partial charge in [0.05, 0.1) is 0 Å². The van der Waals surface area contributed by atoms with E-state index in [-0.39, 0.29) is 42.0 Å². The molecule has 1 atom stereocenters. The van der Waals surface area contributed by atoms with Crippen LogP contribution in [-0.2, 0) is 16.0 Å². The second-order valence-electron chi connectivity index (χ2n) is 14.7. The van der Waals surface area contributed by atoms with E-state index in [9.17, 15) is 19.2 Å². The Hall–Kier alpha value is -5.63. The topological polar surface area (TPSA) is 194 Å². The van der Waals surface area contributed by atoms with Gasteiger partial charge in [-0.1, -0.05) is 24.3 Å². The molecule has 1 saturated heterocycles. The van der Waals surface area contributed by atoms with Crippen LogP contribution < -0.4 is 21.3 Å². The lowest BCUT2D eigenvalue weighted by molar-refractivity contribution is -0.130. The zero-order valence-corrected chi connectivity index (χ0v) is 31.0. The van der Waals surface area contributed by atoms with Gasteiger partial charge in [0.25, 0.3) is 5.91 Å². The fourth-order valence-electron chi connectivity index (χ4n) is 7.34. The van der Waals surface area contributed by atoms with Crippen molar-refractivity contribution >= 4 is 29.5 Å². The molecule has 54 heavy (non-hydrogen) atoms. The van der Waals surface area contributed by atoms with Crippen molar-refractivity contribution in [2.24, 2.45) is 11.8 Å². The molecule has 2 aliphatic rings. The zero-order valence-electron chi connectivity index (χ0n) is 31.0. The molecule has 1 aliphatic heterocycles. The summed E-state index contributed by atoms with van der Waals surface area (Å²) < 4.78 is 0. The fraction of sp³-hybridized carbons (Fsp3) is 0.425. The van der Waals surface area contributed by atoms with Gasteiger partial charge in [0, 0.05) is 41.7 Å². The number of likely N-dealkylation sites (tertiary alicyclic amines) is 1. The van der Waals surface area contributed by atoms with E-state index < -0.39 is 12.1 Å². The van der Waals surface area contributed by atoms with E-state index >= 15 is 0 Å². The fourth-order valence-corrected chi connectivity index (χ4v) is 7.34. The molecule has 0 unspecified atom stereocenters. The summed E-state index contributed by atoms with van der Waals surface area (Å²) in [6.07, 6.45) is 3.76.